The molecule has 6 nitrogen and oxygen atoms in total. The third-order valence-electron chi connectivity index (χ3n) is 3.57. The van der Waals surface area contributed by atoms with Crippen molar-refractivity contribution >= 4 is 34.2 Å². The van der Waals surface area contributed by atoms with E-state index in [0.29, 0.717) is 17.8 Å². The van der Waals surface area contributed by atoms with Crippen LogP contribution in [0.2, 0.25) is 0 Å². The van der Waals surface area contributed by atoms with Crippen LogP contribution < -0.4 is 10.6 Å². The van der Waals surface area contributed by atoms with E-state index in [1.54, 1.807) is 19.2 Å². The van der Waals surface area contributed by atoms with Crippen molar-refractivity contribution in [1.82, 2.24) is 4.98 Å². The molecular weight excluding hydrogens is 302 g/mol. The fraction of sp³-hybridized carbons (Fsp3) is 0.267. The molecule has 1 aliphatic heterocycles. The highest BCUT2D eigenvalue weighted by molar-refractivity contribution is 7.16. The molecule has 2 heterocycles. The molecule has 1 aliphatic rings. The number of thiazole rings is 1. The molecule has 0 unspecified atom stereocenters. The number of amides is 1. The van der Waals surface area contributed by atoms with Crippen LogP contribution >= 0.6 is 11.3 Å². The number of carbonyl (C=O) groups excluding carboxylic acids is 2. The zero-order chi connectivity index (χ0) is 15.7. The Kier molecular flexibility index (Phi) is 3.81. The highest BCUT2D eigenvalue weighted by Gasteiger charge is 2.30. The number of hydrogen-bond acceptors (Lipinski definition) is 6. The van der Waals surface area contributed by atoms with Crippen LogP contribution in [-0.4, -0.2) is 31.0 Å². The minimum atomic E-state index is -0.371. The maximum Gasteiger partial charge on any atom is 0.337 e. The quantitative estimate of drug-likeness (QED) is 0.850. The number of carbonyl (C=O) groups is 2. The zero-order valence-corrected chi connectivity index (χ0v) is 13.0. The molecule has 0 saturated carbocycles. The van der Waals surface area contributed by atoms with Gasteiger partial charge in [0.1, 0.15) is 5.82 Å². The Labute approximate surface area is 131 Å². The number of esters is 1. The monoisotopic (exact) mass is 317 g/mol. The normalized spacial score (nSPS) is 16.6. The van der Waals surface area contributed by atoms with E-state index in [1.165, 1.54) is 18.4 Å². The minimum absolute atomic E-state index is 0.0463. The second-order valence-electron chi connectivity index (χ2n) is 4.90. The van der Waals surface area contributed by atoms with E-state index in [4.69, 9.17) is 4.74 Å². The van der Waals surface area contributed by atoms with Crippen LogP contribution in [0.4, 0.5) is 10.9 Å². The molecule has 114 valence electrons. The van der Waals surface area contributed by atoms with Crippen LogP contribution in [0.25, 0.3) is 0 Å². The highest BCUT2D eigenvalue weighted by Crippen LogP contribution is 2.42. The molecule has 0 spiro atoms. The van der Waals surface area contributed by atoms with Gasteiger partial charge in [0.2, 0.25) is 5.91 Å². The van der Waals surface area contributed by atoms with E-state index >= 15 is 0 Å². The lowest BCUT2D eigenvalue weighted by Crippen LogP contribution is -2.22. The SMILES string of the molecule is CNc1nc2c(s1)[C@H](c1ccc(C(=O)OC)cc1)CC(=O)N2. The molecule has 22 heavy (non-hydrogen) atoms. The maximum absolute atomic E-state index is 11.9. The number of anilines is 2. The summed E-state index contributed by atoms with van der Waals surface area (Å²) in [6.45, 7) is 0. The Morgan fingerprint density at radius 3 is 2.77 bits per heavy atom. The fourth-order valence-corrected chi connectivity index (χ4v) is 3.47. The number of nitrogens with one attached hydrogen (secondary N) is 2. The number of nitrogens with zero attached hydrogens (tertiary/aromatic N) is 1. The Morgan fingerprint density at radius 2 is 2.14 bits per heavy atom. The molecule has 0 bridgehead atoms. The predicted molar refractivity (Wildman–Crippen MR) is 84.5 cm³/mol. The molecule has 3 rings (SSSR count). The number of ether oxygens (including phenoxy) is 1. The summed E-state index contributed by atoms with van der Waals surface area (Å²) < 4.78 is 4.69. The topological polar surface area (TPSA) is 80.3 Å². The van der Waals surface area contributed by atoms with E-state index < -0.39 is 0 Å². The number of fused-ring (bicyclic) bond motifs is 1. The summed E-state index contributed by atoms with van der Waals surface area (Å²) in [5.41, 5.74) is 1.47. The Hall–Kier alpha value is -2.41. The number of benzene rings is 1. The lowest BCUT2D eigenvalue weighted by atomic mass is 9.91. The van der Waals surface area contributed by atoms with E-state index in [2.05, 4.69) is 15.6 Å². The molecule has 0 fully saturated rings. The van der Waals surface area contributed by atoms with Crippen molar-refractivity contribution in [2.75, 3.05) is 24.8 Å². The molecule has 0 aliphatic carbocycles. The van der Waals surface area contributed by atoms with Crippen molar-refractivity contribution in [3.05, 3.63) is 40.3 Å². The van der Waals surface area contributed by atoms with Crippen LogP contribution in [0.1, 0.15) is 33.1 Å². The molecule has 0 saturated heterocycles. The average Bonchev–Trinajstić information content (AvgIpc) is 2.96. The third kappa shape index (κ3) is 2.55. The number of aromatic nitrogens is 1. The Balaban J connectivity index is 1.96. The first-order chi connectivity index (χ1) is 10.6. The molecule has 7 heteroatoms. The van der Waals surface area contributed by atoms with E-state index in [1.807, 2.05) is 12.1 Å². The summed E-state index contributed by atoms with van der Waals surface area (Å²) in [7, 11) is 3.15. The minimum Gasteiger partial charge on any atom is -0.465 e. The molecule has 1 aromatic carbocycles. The van der Waals surface area contributed by atoms with Crippen molar-refractivity contribution in [3.63, 3.8) is 0 Å². The van der Waals surface area contributed by atoms with Gasteiger partial charge < -0.3 is 15.4 Å². The van der Waals surface area contributed by atoms with Gasteiger partial charge in [0.05, 0.1) is 17.6 Å². The number of methoxy groups -OCH3 is 1. The molecule has 1 amide bonds. The van der Waals surface area contributed by atoms with Gasteiger partial charge >= 0.3 is 5.97 Å². The first-order valence-electron chi connectivity index (χ1n) is 6.79. The molecule has 2 aromatic rings. The predicted octanol–water partition coefficient (Wildman–Crippen LogP) is 2.45. The van der Waals surface area contributed by atoms with Crippen LogP contribution in [0.3, 0.4) is 0 Å². The Morgan fingerprint density at radius 1 is 1.41 bits per heavy atom. The van der Waals surface area contributed by atoms with Crippen molar-refractivity contribution in [1.29, 1.82) is 0 Å². The average molecular weight is 317 g/mol. The molecule has 1 aromatic heterocycles. The highest BCUT2D eigenvalue weighted by atomic mass is 32.1. The van der Waals surface area contributed by atoms with Crippen molar-refractivity contribution in [3.8, 4) is 0 Å². The number of rotatable bonds is 3. The largest absolute Gasteiger partial charge is 0.465 e. The van der Waals surface area contributed by atoms with Gasteiger partial charge in [-0.25, -0.2) is 9.78 Å². The summed E-state index contributed by atoms with van der Waals surface area (Å²) in [6.07, 6.45) is 0.371. The van der Waals surface area contributed by atoms with Crippen LogP contribution in [0, 0.1) is 0 Å². The first kappa shape index (κ1) is 14.5. The third-order valence-corrected chi connectivity index (χ3v) is 4.75. The fourth-order valence-electron chi connectivity index (χ4n) is 2.46. The van der Waals surface area contributed by atoms with Crippen molar-refractivity contribution in [2.45, 2.75) is 12.3 Å². The summed E-state index contributed by atoms with van der Waals surface area (Å²) >= 11 is 1.53. The summed E-state index contributed by atoms with van der Waals surface area (Å²) in [5.74, 6) is 0.147. The van der Waals surface area contributed by atoms with Crippen LogP contribution in [0.15, 0.2) is 24.3 Å². The lowest BCUT2D eigenvalue weighted by Gasteiger charge is -2.21. The molecule has 2 N–H and O–H groups in total. The van der Waals surface area contributed by atoms with Gasteiger partial charge in [0.25, 0.3) is 0 Å². The maximum atomic E-state index is 11.9. The van der Waals surface area contributed by atoms with Gasteiger partial charge in [0.15, 0.2) is 5.13 Å². The van der Waals surface area contributed by atoms with Crippen molar-refractivity contribution < 1.29 is 14.3 Å². The second-order valence-corrected chi connectivity index (χ2v) is 5.93. The first-order valence-corrected chi connectivity index (χ1v) is 7.60. The van der Waals surface area contributed by atoms with E-state index in [0.717, 1.165) is 15.6 Å². The smallest absolute Gasteiger partial charge is 0.337 e. The van der Waals surface area contributed by atoms with Gasteiger partial charge in [-0.1, -0.05) is 23.5 Å². The van der Waals surface area contributed by atoms with Gasteiger partial charge in [-0.3, -0.25) is 4.79 Å². The zero-order valence-electron chi connectivity index (χ0n) is 12.2. The summed E-state index contributed by atoms with van der Waals surface area (Å²) in [5, 5.41) is 6.56. The number of hydrogen-bond donors (Lipinski definition) is 2. The van der Waals surface area contributed by atoms with Gasteiger partial charge in [-0.15, -0.1) is 0 Å². The van der Waals surface area contributed by atoms with Gasteiger partial charge in [0, 0.05) is 19.4 Å². The van der Waals surface area contributed by atoms with Crippen LogP contribution in [0.5, 0.6) is 0 Å². The summed E-state index contributed by atoms with van der Waals surface area (Å²) in [6, 6.07) is 7.15. The van der Waals surface area contributed by atoms with E-state index in [9.17, 15) is 9.59 Å². The van der Waals surface area contributed by atoms with Crippen LogP contribution in [-0.2, 0) is 9.53 Å². The standard InChI is InChI=1S/C15H15N3O3S/c1-16-15-18-13-12(22-15)10(7-11(19)17-13)8-3-5-9(6-4-8)14(20)21-2/h3-6,10H,7H2,1-2H3,(H,16,18)(H,17,19)/t10-/m0/s1. The Bertz CT molecular complexity index is 724. The molecular formula is C15H15N3O3S. The van der Waals surface area contributed by atoms with E-state index in [-0.39, 0.29) is 17.8 Å². The lowest BCUT2D eigenvalue weighted by molar-refractivity contribution is -0.116. The van der Waals surface area contributed by atoms with Crippen molar-refractivity contribution in [2.24, 2.45) is 0 Å². The van der Waals surface area contributed by atoms with Gasteiger partial charge in [-0.05, 0) is 17.7 Å². The molecule has 0 radical (unpaired) electrons. The summed E-state index contributed by atoms with van der Waals surface area (Å²) in [4.78, 5) is 28.8. The van der Waals surface area contributed by atoms with Gasteiger partial charge in [-0.2, -0.15) is 0 Å². The second kappa shape index (κ2) is 5.76. The molecule has 1 atom stereocenters.